The van der Waals surface area contributed by atoms with Gasteiger partial charge in [0.25, 0.3) is 0 Å². The van der Waals surface area contributed by atoms with Crippen LogP contribution in [0.1, 0.15) is 23.2 Å². The summed E-state index contributed by atoms with van der Waals surface area (Å²) in [5.74, 6) is 0.121. The summed E-state index contributed by atoms with van der Waals surface area (Å²) in [7, 11) is 0. The SMILES string of the molecule is CC(=O)Nc1ccc(NC(=O)/C=C/c2ccccc2OCc2csc(C)n2)c(Cl)c1. The van der Waals surface area contributed by atoms with E-state index < -0.39 is 0 Å². The van der Waals surface area contributed by atoms with Gasteiger partial charge < -0.3 is 15.4 Å². The molecule has 0 unspecified atom stereocenters. The minimum atomic E-state index is -0.339. The third-order valence-electron chi connectivity index (χ3n) is 3.92. The summed E-state index contributed by atoms with van der Waals surface area (Å²) in [5, 5.41) is 8.63. The Bertz CT molecular complexity index is 1090. The lowest BCUT2D eigenvalue weighted by molar-refractivity contribution is -0.114. The number of thiazole rings is 1. The van der Waals surface area contributed by atoms with E-state index >= 15 is 0 Å². The van der Waals surface area contributed by atoms with Crippen molar-refractivity contribution in [3.8, 4) is 5.75 Å². The van der Waals surface area contributed by atoms with Crippen molar-refractivity contribution in [1.82, 2.24) is 4.98 Å². The summed E-state index contributed by atoms with van der Waals surface area (Å²) < 4.78 is 5.86. The fraction of sp³-hybridized carbons (Fsp3) is 0.136. The smallest absolute Gasteiger partial charge is 0.248 e. The van der Waals surface area contributed by atoms with Gasteiger partial charge in [0.2, 0.25) is 11.8 Å². The van der Waals surface area contributed by atoms with Crippen LogP contribution in [0.15, 0.2) is 53.9 Å². The number of hydrogen-bond donors (Lipinski definition) is 2. The number of carbonyl (C=O) groups excluding carboxylic acids is 2. The van der Waals surface area contributed by atoms with E-state index in [-0.39, 0.29) is 11.8 Å². The van der Waals surface area contributed by atoms with Gasteiger partial charge in [0.05, 0.1) is 21.4 Å². The number of rotatable bonds is 7. The molecule has 0 aliphatic heterocycles. The molecule has 0 aliphatic rings. The topological polar surface area (TPSA) is 80.3 Å². The van der Waals surface area contributed by atoms with Gasteiger partial charge in [0.15, 0.2) is 0 Å². The molecule has 0 fully saturated rings. The highest BCUT2D eigenvalue weighted by molar-refractivity contribution is 7.09. The maximum absolute atomic E-state index is 12.3. The van der Waals surface area contributed by atoms with Crippen molar-refractivity contribution in [2.45, 2.75) is 20.5 Å². The Labute approximate surface area is 183 Å². The number of aryl methyl sites for hydroxylation is 1. The standard InChI is InChI=1S/C22H20ClN3O3S/c1-14(27)24-17-8-9-20(19(23)11-17)26-22(28)10-7-16-5-3-4-6-21(16)29-12-18-13-30-15(2)25-18/h3-11,13H,12H2,1-2H3,(H,24,27)(H,26,28)/b10-7+. The molecule has 0 bridgehead atoms. The number of amides is 2. The van der Waals surface area contributed by atoms with Crippen LogP contribution in [0.25, 0.3) is 6.08 Å². The number of ether oxygens (including phenoxy) is 1. The van der Waals surface area contributed by atoms with Crippen LogP contribution < -0.4 is 15.4 Å². The Balaban J connectivity index is 1.64. The highest BCUT2D eigenvalue weighted by Crippen LogP contribution is 2.26. The van der Waals surface area contributed by atoms with Crippen molar-refractivity contribution in [3.05, 3.63) is 75.2 Å². The van der Waals surface area contributed by atoms with Crippen LogP contribution in [0.5, 0.6) is 5.75 Å². The second-order valence-corrected chi connectivity index (χ2v) is 7.85. The van der Waals surface area contributed by atoms with Crippen LogP contribution in [-0.2, 0) is 16.2 Å². The molecule has 1 aromatic heterocycles. The molecule has 3 aromatic rings. The largest absolute Gasteiger partial charge is 0.487 e. The van der Waals surface area contributed by atoms with Gasteiger partial charge in [-0.15, -0.1) is 11.3 Å². The van der Waals surface area contributed by atoms with Crippen molar-refractivity contribution < 1.29 is 14.3 Å². The third kappa shape index (κ3) is 6.17. The van der Waals surface area contributed by atoms with Gasteiger partial charge >= 0.3 is 0 Å². The molecule has 0 radical (unpaired) electrons. The van der Waals surface area contributed by atoms with E-state index in [0.29, 0.717) is 28.8 Å². The van der Waals surface area contributed by atoms with Crippen LogP contribution in [0.4, 0.5) is 11.4 Å². The minimum Gasteiger partial charge on any atom is -0.487 e. The van der Waals surface area contributed by atoms with E-state index in [1.165, 1.54) is 13.0 Å². The monoisotopic (exact) mass is 441 g/mol. The van der Waals surface area contributed by atoms with Gasteiger partial charge in [-0.05, 0) is 37.3 Å². The Morgan fingerprint density at radius 3 is 2.70 bits per heavy atom. The Morgan fingerprint density at radius 1 is 1.20 bits per heavy atom. The van der Waals surface area contributed by atoms with E-state index in [1.54, 1.807) is 35.6 Å². The maximum Gasteiger partial charge on any atom is 0.248 e. The van der Waals surface area contributed by atoms with Crippen molar-refractivity contribution in [2.75, 3.05) is 10.6 Å². The first kappa shape index (κ1) is 21.5. The van der Waals surface area contributed by atoms with Gasteiger partial charge in [-0.3, -0.25) is 9.59 Å². The van der Waals surface area contributed by atoms with E-state index in [4.69, 9.17) is 16.3 Å². The fourth-order valence-electron chi connectivity index (χ4n) is 2.61. The molecule has 0 saturated heterocycles. The molecule has 6 nitrogen and oxygen atoms in total. The molecule has 0 atom stereocenters. The van der Waals surface area contributed by atoms with Gasteiger partial charge in [0, 0.05) is 29.6 Å². The summed E-state index contributed by atoms with van der Waals surface area (Å²) in [4.78, 5) is 27.8. The second kappa shape index (κ2) is 10.0. The third-order valence-corrected chi connectivity index (χ3v) is 5.06. The molecule has 0 saturated carbocycles. The predicted molar refractivity (Wildman–Crippen MR) is 121 cm³/mol. The van der Waals surface area contributed by atoms with Crippen molar-refractivity contribution in [3.63, 3.8) is 0 Å². The van der Waals surface area contributed by atoms with Crippen molar-refractivity contribution in [2.24, 2.45) is 0 Å². The van der Waals surface area contributed by atoms with Gasteiger partial charge in [-0.1, -0.05) is 29.8 Å². The Hall–Kier alpha value is -3.16. The van der Waals surface area contributed by atoms with Crippen LogP contribution >= 0.6 is 22.9 Å². The van der Waals surface area contributed by atoms with E-state index in [1.807, 2.05) is 36.6 Å². The molecular formula is C22H20ClN3O3S. The quantitative estimate of drug-likeness (QED) is 0.488. The number of nitrogens with zero attached hydrogens (tertiary/aromatic N) is 1. The molecule has 0 aliphatic carbocycles. The highest BCUT2D eigenvalue weighted by atomic mass is 35.5. The summed E-state index contributed by atoms with van der Waals surface area (Å²) in [6, 6.07) is 12.3. The van der Waals surface area contributed by atoms with Gasteiger partial charge in [0.1, 0.15) is 12.4 Å². The molecule has 154 valence electrons. The molecule has 30 heavy (non-hydrogen) atoms. The number of carbonyl (C=O) groups is 2. The molecule has 8 heteroatoms. The van der Waals surface area contributed by atoms with Crippen molar-refractivity contribution >= 4 is 52.2 Å². The molecule has 1 heterocycles. The van der Waals surface area contributed by atoms with Crippen LogP contribution in [0.3, 0.4) is 0 Å². The zero-order valence-corrected chi connectivity index (χ0v) is 18.0. The first-order chi connectivity index (χ1) is 14.4. The predicted octanol–water partition coefficient (Wildman–Crippen LogP) is 5.29. The molecule has 2 N–H and O–H groups in total. The number of nitrogens with one attached hydrogen (secondary N) is 2. The summed E-state index contributed by atoms with van der Waals surface area (Å²) in [6.07, 6.45) is 3.09. The molecular weight excluding hydrogens is 422 g/mol. The lowest BCUT2D eigenvalue weighted by Crippen LogP contribution is -2.09. The lowest BCUT2D eigenvalue weighted by atomic mass is 10.2. The van der Waals surface area contributed by atoms with Crippen LogP contribution in [0.2, 0.25) is 5.02 Å². The highest BCUT2D eigenvalue weighted by Gasteiger charge is 2.07. The summed E-state index contributed by atoms with van der Waals surface area (Å²) >= 11 is 7.76. The summed E-state index contributed by atoms with van der Waals surface area (Å²) in [6.45, 7) is 3.72. The number of aromatic nitrogens is 1. The number of halogens is 1. The molecule has 2 amide bonds. The minimum absolute atomic E-state index is 0.198. The van der Waals surface area contributed by atoms with E-state index in [0.717, 1.165) is 16.3 Å². The van der Waals surface area contributed by atoms with E-state index in [9.17, 15) is 9.59 Å². The number of anilines is 2. The first-order valence-electron chi connectivity index (χ1n) is 9.10. The van der Waals surface area contributed by atoms with Gasteiger partial charge in [-0.2, -0.15) is 0 Å². The fourth-order valence-corrected chi connectivity index (χ4v) is 3.44. The zero-order valence-electron chi connectivity index (χ0n) is 16.4. The number of benzene rings is 2. The normalized spacial score (nSPS) is 10.8. The van der Waals surface area contributed by atoms with Gasteiger partial charge in [-0.25, -0.2) is 4.98 Å². The Morgan fingerprint density at radius 2 is 2.00 bits per heavy atom. The first-order valence-corrected chi connectivity index (χ1v) is 10.4. The lowest BCUT2D eigenvalue weighted by Gasteiger charge is -2.09. The Kier molecular flexibility index (Phi) is 7.21. The maximum atomic E-state index is 12.3. The molecule has 2 aromatic carbocycles. The average Bonchev–Trinajstić information content (AvgIpc) is 3.12. The molecule has 0 spiro atoms. The van der Waals surface area contributed by atoms with Crippen LogP contribution in [-0.4, -0.2) is 16.8 Å². The molecule has 3 rings (SSSR count). The zero-order chi connectivity index (χ0) is 21.5. The van der Waals surface area contributed by atoms with E-state index in [2.05, 4.69) is 15.6 Å². The average molecular weight is 442 g/mol. The summed E-state index contributed by atoms with van der Waals surface area (Å²) in [5.41, 5.74) is 2.64. The van der Waals surface area contributed by atoms with Crippen molar-refractivity contribution in [1.29, 1.82) is 0 Å². The van der Waals surface area contributed by atoms with Crippen LogP contribution in [0, 0.1) is 6.92 Å². The number of hydrogen-bond acceptors (Lipinski definition) is 5. The second-order valence-electron chi connectivity index (χ2n) is 6.38. The number of para-hydroxylation sites is 1.